The zero-order chi connectivity index (χ0) is 21.8. The maximum atomic E-state index is 12.9. The van der Waals surface area contributed by atoms with Gasteiger partial charge in [-0.2, -0.15) is 0 Å². The number of benzene rings is 2. The standard InChI is InChI=1S/C23H24N2O4S/c1-5-25-21(27)19(12-16-10-14(3)20(26)15(4)11-16)30-23(25)24-18-9-7-8-17(13-18)22(28)29-6-2/h7-13,26H,5-6H2,1-4H3. The van der Waals surface area contributed by atoms with Gasteiger partial charge in [-0.3, -0.25) is 9.69 Å². The summed E-state index contributed by atoms with van der Waals surface area (Å²) in [6, 6.07) is 10.5. The van der Waals surface area contributed by atoms with Gasteiger partial charge in [0.2, 0.25) is 0 Å². The molecule has 3 rings (SSSR count). The number of esters is 1. The van der Waals surface area contributed by atoms with E-state index in [1.54, 1.807) is 36.1 Å². The van der Waals surface area contributed by atoms with Gasteiger partial charge < -0.3 is 9.84 Å². The third-order valence-electron chi connectivity index (χ3n) is 4.60. The Bertz CT molecular complexity index is 1040. The highest BCUT2D eigenvalue weighted by molar-refractivity contribution is 8.18. The molecule has 0 atom stereocenters. The molecule has 1 N–H and O–H groups in total. The molecule has 1 amide bonds. The molecule has 1 fully saturated rings. The Morgan fingerprint density at radius 3 is 2.53 bits per heavy atom. The van der Waals surface area contributed by atoms with E-state index in [1.807, 2.05) is 39.0 Å². The van der Waals surface area contributed by atoms with Crippen molar-refractivity contribution < 1.29 is 19.4 Å². The predicted octanol–water partition coefficient (Wildman–Crippen LogP) is 4.81. The van der Waals surface area contributed by atoms with Crippen LogP contribution in [0.25, 0.3) is 6.08 Å². The molecule has 0 aliphatic carbocycles. The molecular formula is C23H24N2O4S. The molecule has 2 aromatic rings. The number of aryl methyl sites for hydroxylation is 2. The lowest BCUT2D eigenvalue weighted by molar-refractivity contribution is -0.122. The molecule has 1 heterocycles. The molecule has 0 unspecified atom stereocenters. The number of amidine groups is 1. The van der Waals surface area contributed by atoms with Crippen molar-refractivity contribution in [3.8, 4) is 5.75 Å². The van der Waals surface area contributed by atoms with E-state index in [0.717, 1.165) is 16.7 Å². The van der Waals surface area contributed by atoms with Gasteiger partial charge in [-0.05, 0) is 92.6 Å². The minimum Gasteiger partial charge on any atom is -0.507 e. The Morgan fingerprint density at radius 2 is 1.90 bits per heavy atom. The van der Waals surface area contributed by atoms with Crippen LogP contribution in [-0.2, 0) is 9.53 Å². The SMILES string of the molecule is CCOC(=O)c1cccc(N=C2SC(=Cc3cc(C)c(O)c(C)c3)C(=O)N2CC)c1. The van der Waals surface area contributed by atoms with Crippen LogP contribution in [0.4, 0.5) is 5.69 Å². The predicted molar refractivity (Wildman–Crippen MR) is 120 cm³/mol. The zero-order valence-corrected chi connectivity index (χ0v) is 18.2. The minimum absolute atomic E-state index is 0.119. The van der Waals surface area contributed by atoms with E-state index in [4.69, 9.17) is 4.74 Å². The van der Waals surface area contributed by atoms with Crippen LogP contribution in [-0.4, -0.2) is 40.2 Å². The van der Waals surface area contributed by atoms with E-state index in [2.05, 4.69) is 4.99 Å². The fraction of sp³-hybridized carbons (Fsp3) is 0.261. The van der Waals surface area contributed by atoms with Crippen LogP contribution >= 0.6 is 11.8 Å². The van der Waals surface area contributed by atoms with Gasteiger partial charge in [-0.25, -0.2) is 9.79 Å². The second-order valence-electron chi connectivity index (χ2n) is 6.83. The molecule has 7 heteroatoms. The summed E-state index contributed by atoms with van der Waals surface area (Å²) in [5.74, 6) is -0.256. The van der Waals surface area contributed by atoms with Gasteiger partial charge in [0.15, 0.2) is 5.17 Å². The fourth-order valence-corrected chi connectivity index (χ4v) is 4.18. The molecule has 30 heavy (non-hydrogen) atoms. The maximum Gasteiger partial charge on any atom is 0.338 e. The Balaban J connectivity index is 1.93. The number of aromatic hydroxyl groups is 1. The number of aliphatic imine (C=N–C) groups is 1. The van der Waals surface area contributed by atoms with Crippen LogP contribution in [0.3, 0.4) is 0 Å². The second kappa shape index (κ2) is 9.17. The first-order valence-corrected chi connectivity index (χ1v) is 10.5. The van der Waals surface area contributed by atoms with Crippen molar-refractivity contribution in [2.75, 3.05) is 13.2 Å². The fourth-order valence-electron chi connectivity index (χ4n) is 3.12. The molecule has 1 saturated heterocycles. The second-order valence-corrected chi connectivity index (χ2v) is 7.84. The first-order chi connectivity index (χ1) is 14.3. The van der Waals surface area contributed by atoms with Crippen LogP contribution in [0.2, 0.25) is 0 Å². The summed E-state index contributed by atoms with van der Waals surface area (Å²) in [5, 5.41) is 10.5. The zero-order valence-electron chi connectivity index (χ0n) is 17.4. The van der Waals surface area contributed by atoms with Gasteiger partial charge in [-0.1, -0.05) is 6.07 Å². The molecule has 0 bridgehead atoms. The normalized spacial score (nSPS) is 16.5. The van der Waals surface area contributed by atoms with Crippen molar-refractivity contribution in [3.63, 3.8) is 0 Å². The lowest BCUT2D eigenvalue weighted by Gasteiger charge is -2.12. The van der Waals surface area contributed by atoms with Crippen molar-refractivity contribution >= 4 is 40.6 Å². The van der Waals surface area contributed by atoms with Crippen molar-refractivity contribution in [1.29, 1.82) is 0 Å². The van der Waals surface area contributed by atoms with Crippen molar-refractivity contribution in [2.45, 2.75) is 27.7 Å². The summed E-state index contributed by atoms with van der Waals surface area (Å²) in [4.78, 5) is 31.6. The quantitative estimate of drug-likeness (QED) is 0.550. The largest absolute Gasteiger partial charge is 0.507 e. The Morgan fingerprint density at radius 1 is 1.20 bits per heavy atom. The molecule has 2 aromatic carbocycles. The highest BCUT2D eigenvalue weighted by Crippen LogP contribution is 2.35. The Kier molecular flexibility index (Phi) is 6.62. The van der Waals surface area contributed by atoms with E-state index in [9.17, 15) is 14.7 Å². The highest BCUT2D eigenvalue weighted by Gasteiger charge is 2.32. The number of ether oxygens (including phenoxy) is 1. The summed E-state index contributed by atoms with van der Waals surface area (Å²) in [7, 11) is 0. The number of hydrogen-bond donors (Lipinski definition) is 1. The number of amides is 1. The van der Waals surface area contributed by atoms with Crippen LogP contribution < -0.4 is 0 Å². The molecule has 0 aromatic heterocycles. The molecule has 0 radical (unpaired) electrons. The monoisotopic (exact) mass is 424 g/mol. The van der Waals surface area contributed by atoms with Crippen molar-refractivity contribution in [1.82, 2.24) is 4.90 Å². The molecule has 1 aliphatic heterocycles. The van der Waals surface area contributed by atoms with E-state index in [1.165, 1.54) is 11.8 Å². The number of phenols is 1. The summed E-state index contributed by atoms with van der Waals surface area (Å²) in [6.45, 7) is 8.09. The number of nitrogens with zero attached hydrogens (tertiary/aromatic N) is 2. The van der Waals surface area contributed by atoms with Gasteiger partial charge in [0.05, 0.1) is 22.8 Å². The molecule has 6 nitrogen and oxygen atoms in total. The highest BCUT2D eigenvalue weighted by atomic mass is 32.2. The lowest BCUT2D eigenvalue weighted by Crippen LogP contribution is -2.28. The summed E-state index contributed by atoms with van der Waals surface area (Å²) >= 11 is 1.29. The Labute approximate surface area is 180 Å². The van der Waals surface area contributed by atoms with Gasteiger partial charge in [-0.15, -0.1) is 0 Å². The summed E-state index contributed by atoms with van der Waals surface area (Å²) in [6.07, 6.45) is 1.81. The molecule has 0 spiro atoms. The van der Waals surface area contributed by atoms with E-state index >= 15 is 0 Å². The number of hydrogen-bond acceptors (Lipinski definition) is 6. The minimum atomic E-state index is -0.402. The Hall–Kier alpha value is -3.06. The van der Waals surface area contributed by atoms with Crippen LogP contribution in [0.15, 0.2) is 46.3 Å². The molecule has 1 aliphatic rings. The third-order valence-corrected chi connectivity index (χ3v) is 5.60. The summed E-state index contributed by atoms with van der Waals surface area (Å²) < 4.78 is 5.04. The van der Waals surface area contributed by atoms with Gasteiger partial charge in [0.25, 0.3) is 5.91 Å². The van der Waals surface area contributed by atoms with E-state index < -0.39 is 5.97 Å². The molecular weight excluding hydrogens is 400 g/mol. The van der Waals surface area contributed by atoms with Gasteiger partial charge in [0.1, 0.15) is 5.75 Å². The van der Waals surface area contributed by atoms with E-state index in [-0.39, 0.29) is 11.7 Å². The molecule has 0 saturated carbocycles. The number of phenolic OH excluding ortho intramolecular Hbond substituents is 1. The topological polar surface area (TPSA) is 79.2 Å². The molecule has 156 valence electrons. The number of carbonyl (C=O) groups is 2. The van der Waals surface area contributed by atoms with Crippen LogP contribution in [0, 0.1) is 13.8 Å². The van der Waals surface area contributed by atoms with Crippen LogP contribution in [0.5, 0.6) is 5.75 Å². The average Bonchev–Trinajstić information content (AvgIpc) is 3.00. The number of likely N-dealkylation sites (N-methyl/N-ethyl adjacent to an activating group) is 1. The van der Waals surface area contributed by atoms with Crippen LogP contribution in [0.1, 0.15) is 40.9 Å². The van der Waals surface area contributed by atoms with Gasteiger partial charge >= 0.3 is 5.97 Å². The van der Waals surface area contributed by atoms with Crippen molar-refractivity contribution in [3.05, 3.63) is 63.6 Å². The average molecular weight is 425 g/mol. The van der Waals surface area contributed by atoms with E-state index in [0.29, 0.717) is 34.5 Å². The first-order valence-electron chi connectivity index (χ1n) is 9.71. The summed E-state index contributed by atoms with van der Waals surface area (Å²) in [5.41, 5.74) is 3.36. The number of carbonyl (C=O) groups excluding carboxylic acids is 2. The third kappa shape index (κ3) is 4.57. The first kappa shape index (κ1) is 21.6. The maximum absolute atomic E-state index is 12.9. The lowest BCUT2D eigenvalue weighted by atomic mass is 10.1. The number of rotatable bonds is 5. The van der Waals surface area contributed by atoms with Gasteiger partial charge in [0, 0.05) is 6.54 Å². The van der Waals surface area contributed by atoms with Crippen molar-refractivity contribution in [2.24, 2.45) is 4.99 Å². The smallest absolute Gasteiger partial charge is 0.338 e. The number of thioether (sulfide) groups is 1.